The van der Waals surface area contributed by atoms with E-state index in [1.54, 1.807) is 0 Å². The lowest BCUT2D eigenvalue weighted by atomic mass is 9.96. The summed E-state index contributed by atoms with van der Waals surface area (Å²) in [6, 6.07) is 8.08. The minimum absolute atomic E-state index is 0.369. The summed E-state index contributed by atoms with van der Waals surface area (Å²) in [6.45, 7) is 4.64. The van der Waals surface area contributed by atoms with Crippen LogP contribution in [0, 0.1) is 5.92 Å². The summed E-state index contributed by atoms with van der Waals surface area (Å²) < 4.78 is 0. The number of hydrogen-bond acceptors (Lipinski definition) is 2. The Kier molecular flexibility index (Phi) is 4.50. The van der Waals surface area contributed by atoms with Gasteiger partial charge in [0.1, 0.15) is 0 Å². The van der Waals surface area contributed by atoms with Crippen LogP contribution in [0.5, 0.6) is 0 Å². The van der Waals surface area contributed by atoms with E-state index >= 15 is 0 Å². The number of carbonyl (C=O) groups is 1. The highest BCUT2D eigenvalue weighted by atomic mass is 16.4. The van der Waals surface area contributed by atoms with E-state index in [-0.39, 0.29) is 0 Å². The van der Waals surface area contributed by atoms with Crippen LogP contribution in [0.15, 0.2) is 24.3 Å². The molecule has 0 aliphatic carbocycles. The van der Waals surface area contributed by atoms with Gasteiger partial charge in [0, 0.05) is 0 Å². The molecule has 0 unspecified atom stereocenters. The Morgan fingerprint density at radius 1 is 1.31 bits per heavy atom. The maximum atomic E-state index is 10.8. The summed E-state index contributed by atoms with van der Waals surface area (Å²) in [4.78, 5) is 10.8. The molecule has 3 N–H and O–H groups in total. The SMILES string of the molecule is CC(C)c1ccc(C[C@@H](C[NH3+])C(=O)[O-])cc1. The molecule has 3 heteroatoms. The minimum Gasteiger partial charge on any atom is -0.550 e. The van der Waals surface area contributed by atoms with Gasteiger partial charge < -0.3 is 15.6 Å². The summed E-state index contributed by atoms with van der Waals surface area (Å²) in [5, 5.41) is 10.8. The number of hydrogen-bond donors (Lipinski definition) is 1. The molecule has 0 bridgehead atoms. The number of carboxylic acid groups (broad SMARTS) is 1. The van der Waals surface area contributed by atoms with E-state index in [4.69, 9.17) is 0 Å². The average Bonchev–Trinajstić information content (AvgIpc) is 2.26. The van der Waals surface area contributed by atoms with Crippen LogP contribution in [0.25, 0.3) is 0 Å². The van der Waals surface area contributed by atoms with Crippen molar-refractivity contribution in [1.29, 1.82) is 0 Å². The fourth-order valence-electron chi connectivity index (χ4n) is 1.63. The zero-order valence-electron chi connectivity index (χ0n) is 9.90. The molecule has 0 aromatic heterocycles. The zero-order chi connectivity index (χ0) is 12.1. The molecule has 1 atom stereocenters. The van der Waals surface area contributed by atoms with Crippen LogP contribution in [0.2, 0.25) is 0 Å². The number of carboxylic acids is 1. The van der Waals surface area contributed by atoms with Crippen LogP contribution >= 0.6 is 0 Å². The minimum atomic E-state index is -1.01. The summed E-state index contributed by atoms with van der Waals surface area (Å²) >= 11 is 0. The average molecular weight is 221 g/mol. The Labute approximate surface area is 96.3 Å². The van der Waals surface area contributed by atoms with Crippen molar-refractivity contribution in [3.63, 3.8) is 0 Å². The third-order valence-electron chi connectivity index (χ3n) is 2.81. The van der Waals surface area contributed by atoms with Gasteiger partial charge in [-0.15, -0.1) is 0 Å². The molecule has 0 aliphatic heterocycles. The molecule has 0 aliphatic rings. The number of carbonyl (C=O) groups excluding carboxylic acids is 1. The third kappa shape index (κ3) is 3.35. The molecule has 0 heterocycles. The van der Waals surface area contributed by atoms with E-state index in [0.29, 0.717) is 18.9 Å². The van der Waals surface area contributed by atoms with Crippen LogP contribution in [0.1, 0.15) is 30.9 Å². The van der Waals surface area contributed by atoms with E-state index in [1.807, 2.05) is 12.1 Å². The smallest absolute Gasteiger partial charge is 0.0824 e. The van der Waals surface area contributed by atoms with Gasteiger partial charge in [0.2, 0.25) is 0 Å². The van der Waals surface area contributed by atoms with Crippen molar-refractivity contribution in [1.82, 2.24) is 0 Å². The number of rotatable bonds is 5. The van der Waals surface area contributed by atoms with E-state index in [0.717, 1.165) is 5.56 Å². The van der Waals surface area contributed by atoms with Gasteiger partial charge in [0.15, 0.2) is 0 Å². The summed E-state index contributed by atoms with van der Waals surface area (Å²) in [5.74, 6) is -0.994. The zero-order valence-corrected chi connectivity index (χ0v) is 9.90. The van der Waals surface area contributed by atoms with Crippen molar-refractivity contribution in [3.05, 3.63) is 35.4 Å². The first kappa shape index (κ1) is 12.7. The van der Waals surface area contributed by atoms with Crippen molar-refractivity contribution >= 4 is 5.97 Å². The van der Waals surface area contributed by atoms with Gasteiger partial charge in [-0.1, -0.05) is 38.1 Å². The van der Waals surface area contributed by atoms with E-state index in [2.05, 4.69) is 31.7 Å². The first-order valence-electron chi connectivity index (χ1n) is 5.63. The predicted molar refractivity (Wildman–Crippen MR) is 60.5 cm³/mol. The van der Waals surface area contributed by atoms with Crippen LogP contribution < -0.4 is 10.8 Å². The monoisotopic (exact) mass is 221 g/mol. The molecule has 3 nitrogen and oxygen atoms in total. The fraction of sp³-hybridized carbons (Fsp3) is 0.462. The first-order chi connectivity index (χ1) is 7.54. The van der Waals surface area contributed by atoms with Crippen LogP contribution in [0.3, 0.4) is 0 Å². The number of aliphatic carboxylic acids is 1. The lowest BCUT2D eigenvalue weighted by molar-refractivity contribution is -0.387. The Morgan fingerprint density at radius 2 is 1.88 bits per heavy atom. The molecule has 16 heavy (non-hydrogen) atoms. The third-order valence-corrected chi connectivity index (χ3v) is 2.81. The lowest BCUT2D eigenvalue weighted by Crippen LogP contribution is -2.57. The van der Waals surface area contributed by atoms with Gasteiger partial charge in [0.05, 0.1) is 18.4 Å². The summed E-state index contributed by atoms with van der Waals surface area (Å²) in [7, 11) is 0. The van der Waals surface area contributed by atoms with Gasteiger partial charge in [-0.05, 0) is 23.5 Å². The van der Waals surface area contributed by atoms with Gasteiger partial charge in [-0.25, -0.2) is 0 Å². The van der Waals surface area contributed by atoms with Crippen molar-refractivity contribution in [3.8, 4) is 0 Å². The highest BCUT2D eigenvalue weighted by molar-refractivity contribution is 5.68. The molecule has 1 rings (SSSR count). The topological polar surface area (TPSA) is 67.8 Å². The normalized spacial score (nSPS) is 12.8. The second-order valence-corrected chi connectivity index (χ2v) is 4.41. The number of quaternary nitrogens is 1. The predicted octanol–water partition coefficient (Wildman–Crippen LogP) is -0.0395. The number of benzene rings is 1. The standard InChI is InChI=1S/C13H19NO2/c1-9(2)11-5-3-10(4-6-11)7-12(8-14)13(15)16/h3-6,9,12H,7-8,14H2,1-2H3,(H,15,16)/t12-/m0/s1. The highest BCUT2D eigenvalue weighted by Crippen LogP contribution is 2.16. The van der Waals surface area contributed by atoms with Gasteiger partial charge in [0.25, 0.3) is 0 Å². The summed E-state index contributed by atoms with van der Waals surface area (Å²) in [5.41, 5.74) is 5.93. The van der Waals surface area contributed by atoms with Crippen molar-refractivity contribution < 1.29 is 15.6 Å². The fourth-order valence-corrected chi connectivity index (χ4v) is 1.63. The van der Waals surface area contributed by atoms with Gasteiger partial charge >= 0.3 is 0 Å². The Balaban J connectivity index is 2.71. The lowest BCUT2D eigenvalue weighted by Gasteiger charge is -2.14. The molecule has 0 saturated carbocycles. The molecule has 88 valence electrons. The molecule has 0 spiro atoms. The highest BCUT2D eigenvalue weighted by Gasteiger charge is 2.11. The molecule has 0 radical (unpaired) electrons. The van der Waals surface area contributed by atoms with Gasteiger partial charge in [-0.2, -0.15) is 0 Å². The van der Waals surface area contributed by atoms with Crippen molar-refractivity contribution in [2.24, 2.45) is 5.92 Å². The van der Waals surface area contributed by atoms with Crippen LogP contribution in [-0.4, -0.2) is 12.5 Å². The second-order valence-electron chi connectivity index (χ2n) is 4.41. The molecule has 1 aromatic carbocycles. The molecule has 0 fully saturated rings. The summed E-state index contributed by atoms with van der Waals surface area (Å²) in [6.07, 6.45) is 0.504. The molecular weight excluding hydrogens is 202 g/mol. The van der Waals surface area contributed by atoms with Crippen LogP contribution in [-0.2, 0) is 11.2 Å². The van der Waals surface area contributed by atoms with Crippen molar-refractivity contribution in [2.45, 2.75) is 26.2 Å². The largest absolute Gasteiger partial charge is 0.550 e. The van der Waals surface area contributed by atoms with Gasteiger partial charge in [-0.3, -0.25) is 0 Å². The van der Waals surface area contributed by atoms with Crippen molar-refractivity contribution in [2.75, 3.05) is 6.54 Å². The first-order valence-corrected chi connectivity index (χ1v) is 5.63. The van der Waals surface area contributed by atoms with E-state index in [9.17, 15) is 9.90 Å². The quantitative estimate of drug-likeness (QED) is 0.758. The Bertz CT molecular complexity index is 343. The molecular formula is C13H19NO2. The van der Waals surface area contributed by atoms with E-state index < -0.39 is 11.9 Å². The molecule has 1 aromatic rings. The maximum Gasteiger partial charge on any atom is 0.0824 e. The molecule has 0 saturated heterocycles. The van der Waals surface area contributed by atoms with E-state index in [1.165, 1.54) is 5.56 Å². The Hall–Kier alpha value is -1.35. The Morgan fingerprint density at radius 3 is 2.25 bits per heavy atom. The van der Waals surface area contributed by atoms with Crippen LogP contribution in [0.4, 0.5) is 0 Å². The molecule has 0 amide bonds. The second kappa shape index (κ2) is 5.66. The maximum absolute atomic E-state index is 10.8.